The van der Waals surface area contributed by atoms with E-state index in [0.29, 0.717) is 19.3 Å². The van der Waals surface area contributed by atoms with Crippen LogP contribution in [0.25, 0.3) is 0 Å². The molecule has 9 heteroatoms. The predicted molar refractivity (Wildman–Crippen MR) is 216 cm³/mol. The monoisotopic (exact) mass is 776 g/mol. The minimum Gasteiger partial charge on any atom is -0.454 e. The summed E-state index contributed by atoms with van der Waals surface area (Å²) in [6, 6.07) is 37.8. The molecule has 0 atom stereocenters. The fourth-order valence-corrected chi connectivity index (χ4v) is 8.05. The minimum atomic E-state index is -0.392. The summed E-state index contributed by atoms with van der Waals surface area (Å²) in [6.45, 7) is 0.493. The molecule has 0 amide bonds. The minimum absolute atomic E-state index is 0.233. The van der Waals surface area contributed by atoms with Crippen molar-refractivity contribution in [3.05, 3.63) is 177 Å². The summed E-state index contributed by atoms with van der Waals surface area (Å²) in [7, 11) is 0. The highest BCUT2D eigenvalue weighted by Crippen LogP contribution is 2.52. The van der Waals surface area contributed by atoms with Crippen LogP contribution in [0, 0.1) is 0 Å². The van der Waals surface area contributed by atoms with E-state index in [0.717, 1.165) is 99.3 Å². The Hall–Kier alpha value is -5.99. The molecule has 286 valence electrons. The number of benzene rings is 4. The Balaban J connectivity index is 0.000000148. The molecule has 2 aliphatic carbocycles. The summed E-state index contributed by atoms with van der Waals surface area (Å²) in [5.74, 6) is 3.47. The van der Waals surface area contributed by atoms with Gasteiger partial charge in [0.2, 0.25) is 13.6 Å². The highest BCUT2D eigenvalue weighted by atomic mass is 35.5. The van der Waals surface area contributed by atoms with Gasteiger partial charge in [-0.2, -0.15) is 0 Å². The number of aromatic nitrogens is 2. The van der Waals surface area contributed by atoms with E-state index in [1.54, 1.807) is 12.4 Å². The molecule has 0 saturated heterocycles. The van der Waals surface area contributed by atoms with Crippen LogP contribution in [-0.2, 0) is 46.1 Å². The van der Waals surface area contributed by atoms with Crippen molar-refractivity contribution in [2.24, 2.45) is 0 Å². The quantitative estimate of drug-likeness (QED) is 0.122. The number of ketones is 2. The Labute approximate surface area is 336 Å². The zero-order chi connectivity index (χ0) is 38.8. The van der Waals surface area contributed by atoms with E-state index >= 15 is 0 Å². The number of pyridine rings is 2. The fourth-order valence-electron chi connectivity index (χ4n) is 7.85. The molecule has 0 radical (unpaired) electrons. The molecular weight excluding hydrogens is 736 g/mol. The van der Waals surface area contributed by atoms with E-state index in [1.165, 1.54) is 5.56 Å². The lowest BCUT2D eigenvalue weighted by atomic mass is 9.87. The van der Waals surface area contributed by atoms with Gasteiger partial charge in [-0.3, -0.25) is 19.6 Å². The van der Waals surface area contributed by atoms with Crippen molar-refractivity contribution >= 4 is 23.2 Å². The Morgan fingerprint density at radius 1 is 0.544 bits per heavy atom. The van der Waals surface area contributed by atoms with Gasteiger partial charge < -0.3 is 18.9 Å². The first kappa shape index (κ1) is 36.6. The lowest BCUT2D eigenvalue weighted by molar-refractivity contribution is -0.121. The maximum Gasteiger partial charge on any atom is 0.231 e. The molecule has 4 aliphatic rings. The molecule has 2 fully saturated rings. The number of Topliss-reactive ketones (excluding diaryl/α,β-unsaturated/α-hetero) is 2. The van der Waals surface area contributed by atoms with E-state index in [1.807, 2.05) is 97.1 Å². The lowest BCUT2D eigenvalue weighted by Crippen LogP contribution is -2.22. The van der Waals surface area contributed by atoms with E-state index in [2.05, 4.69) is 28.2 Å². The third kappa shape index (κ3) is 7.87. The van der Waals surface area contributed by atoms with E-state index < -0.39 is 5.41 Å². The van der Waals surface area contributed by atoms with Crippen molar-refractivity contribution in [2.45, 2.75) is 62.2 Å². The zero-order valence-corrected chi connectivity index (χ0v) is 32.2. The van der Waals surface area contributed by atoms with Crippen molar-refractivity contribution < 1.29 is 28.5 Å². The normalized spacial score (nSPS) is 15.9. The van der Waals surface area contributed by atoms with Crippen LogP contribution in [-0.4, -0.2) is 35.1 Å². The summed E-state index contributed by atoms with van der Waals surface area (Å²) in [5.41, 5.74) is 7.46. The lowest BCUT2D eigenvalue weighted by Gasteiger charge is -2.15. The average molecular weight is 777 g/mol. The van der Waals surface area contributed by atoms with Gasteiger partial charge in [0.15, 0.2) is 23.0 Å². The van der Waals surface area contributed by atoms with Gasteiger partial charge in [0.25, 0.3) is 0 Å². The molecule has 0 unspecified atom stereocenters. The van der Waals surface area contributed by atoms with Crippen LogP contribution in [0.15, 0.2) is 128 Å². The second-order valence-electron chi connectivity index (χ2n) is 15.2. The van der Waals surface area contributed by atoms with E-state index in [9.17, 15) is 9.59 Å². The number of hydrogen-bond donors (Lipinski definition) is 0. The Morgan fingerprint density at radius 3 is 1.74 bits per heavy atom. The van der Waals surface area contributed by atoms with E-state index in [-0.39, 0.29) is 30.6 Å². The Kier molecular flexibility index (Phi) is 9.97. The number of halogens is 1. The molecule has 57 heavy (non-hydrogen) atoms. The van der Waals surface area contributed by atoms with Gasteiger partial charge in [-0.15, -0.1) is 0 Å². The number of carbonyl (C=O) groups excluding carboxylic acids is 2. The molecule has 10 rings (SSSR count). The number of hydrogen-bond acceptors (Lipinski definition) is 8. The van der Waals surface area contributed by atoms with Crippen molar-refractivity contribution in [3.8, 4) is 23.0 Å². The molecule has 8 nitrogen and oxygen atoms in total. The van der Waals surface area contributed by atoms with Gasteiger partial charge in [0.05, 0.1) is 10.8 Å². The van der Waals surface area contributed by atoms with Crippen molar-refractivity contribution in [3.63, 3.8) is 0 Å². The van der Waals surface area contributed by atoms with Crippen molar-refractivity contribution in [1.29, 1.82) is 0 Å². The number of fused-ring (bicyclic) bond motifs is 2. The van der Waals surface area contributed by atoms with Crippen LogP contribution in [0.3, 0.4) is 0 Å². The summed E-state index contributed by atoms with van der Waals surface area (Å²) in [6.07, 6.45) is 9.42. The average Bonchev–Trinajstić information content (AvgIpc) is 4.13. The van der Waals surface area contributed by atoms with Gasteiger partial charge >= 0.3 is 0 Å². The standard InChI is InChI=1S/C24H20ClNO3.C24H21NO3/c25-20-4-2-1-3-17(20)12-19-7-5-16(14-26-19)11-23(27)24(9-10-24)18-6-8-21-22(13-18)29-15-28-21;26-23(24(9-10-24)19-6-7-21-22(15-19)28-16-27-21)14-18-8-11-25-20(13-18)12-17-4-2-1-3-5-17/h1-8,13-14H,9-12,15H2;1-8,11,13,15H,9-10,12,14,16H2. The first-order valence-corrected chi connectivity index (χ1v) is 19.8. The van der Waals surface area contributed by atoms with Crippen LogP contribution in [0.5, 0.6) is 23.0 Å². The second kappa shape index (κ2) is 15.5. The molecule has 0 bridgehead atoms. The van der Waals surface area contributed by atoms with Gasteiger partial charge in [-0.05, 0) is 108 Å². The van der Waals surface area contributed by atoms with Crippen LogP contribution < -0.4 is 18.9 Å². The van der Waals surface area contributed by atoms with Crippen molar-refractivity contribution in [2.75, 3.05) is 13.6 Å². The van der Waals surface area contributed by atoms with Crippen LogP contribution >= 0.6 is 11.6 Å². The highest BCUT2D eigenvalue weighted by molar-refractivity contribution is 6.31. The summed E-state index contributed by atoms with van der Waals surface area (Å²) >= 11 is 6.24. The van der Waals surface area contributed by atoms with Crippen LogP contribution in [0.1, 0.15) is 70.5 Å². The van der Waals surface area contributed by atoms with Crippen LogP contribution in [0.4, 0.5) is 0 Å². The maximum atomic E-state index is 13.2. The Bertz CT molecular complexity index is 2440. The summed E-state index contributed by atoms with van der Waals surface area (Å²) < 4.78 is 21.7. The molecule has 2 aliphatic heterocycles. The molecule has 6 aromatic rings. The largest absolute Gasteiger partial charge is 0.454 e. The van der Waals surface area contributed by atoms with Crippen LogP contribution in [0.2, 0.25) is 5.02 Å². The third-order valence-electron chi connectivity index (χ3n) is 11.5. The molecule has 4 aromatic carbocycles. The maximum absolute atomic E-state index is 13.2. The molecule has 0 spiro atoms. The topological polar surface area (TPSA) is 96.8 Å². The molecule has 4 heterocycles. The second-order valence-corrected chi connectivity index (χ2v) is 15.7. The third-order valence-corrected chi connectivity index (χ3v) is 11.8. The number of carbonyl (C=O) groups is 2. The fraction of sp³-hybridized carbons (Fsp3) is 0.250. The number of nitrogens with zero attached hydrogens (tertiary/aromatic N) is 2. The first-order chi connectivity index (χ1) is 27.9. The van der Waals surface area contributed by atoms with Gasteiger partial charge in [-0.1, -0.05) is 78.3 Å². The molecule has 0 N–H and O–H groups in total. The van der Waals surface area contributed by atoms with E-state index in [4.69, 9.17) is 30.5 Å². The zero-order valence-electron chi connectivity index (χ0n) is 31.4. The highest BCUT2D eigenvalue weighted by Gasteiger charge is 2.51. The van der Waals surface area contributed by atoms with Gasteiger partial charge in [0, 0.05) is 54.5 Å². The molecule has 2 saturated carbocycles. The van der Waals surface area contributed by atoms with Gasteiger partial charge in [0.1, 0.15) is 11.6 Å². The van der Waals surface area contributed by atoms with Crippen molar-refractivity contribution in [1.82, 2.24) is 9.97 Å². The smallest absolute Gasteiger partial charge is 0.231 e. The molecular formula is C48H41ClN2O6. The SMILES string of the molecule is O=C(Cc1ccc(Cc2ccccc2Cl)nc1)C1(c2ccc3c(c2)OCO3)CC1.O=C(Cc1ccnc(Cc2ccccc2)c1)C1(c2ccc3c(c2)OCO3)CC1. The first-order valence-electron chi connectivity index (χ1n) is 19.4. The number of ether oxygens (including phenoxy) is 4. The number of rotatable bonds is 12. The van der Waals surface area contributed by atoms with Gasteiger partial charge in [-0.25, -0.2) is 0 Å². The summed E-state index contributed by atoms with van der Waals surface area (Å²) in [5, 5.41) is 0.743. The predicted octanol–water partition coefficient (Wildman–Crippen LogP) is 9.14. The summed E-state index contributed by atoms with van der Waals surface area (Å²) in [4.78, 5) is 35.3. The molecule has 2 aromatic heterocycles. The Morgan fingerprint density at radius 2 is 1.14 bits per heavy atom.